The molecule has 0 radical (unpaired) electrons. The number of hydrogen-bond donors (Lipinski definition) is 0. The highest BCUT2D eigenvalue weighted by molar-refractivity contribution is 8.00. The number of aromatic nitrogens is 5. The number of carbonyl (C=O) groups is 1. The second kappa shape index (κ2) is 8.25. The molecule has 0 aliphatic rings. The predicted octanol–water partition coefficient (Wildman–Crippen LogP) is 6.32. The van der Waals surface area contributed by atoms with Crippen molar-refractivity contribution in [3.05, 3.63) is 72.8 Å². The van der Waals surface area contributed by atoms with E-state index >= 15 is 0 Å². The Balaban J connectivity index is 1.43. The molecule has 0 spiro atoms. The molecule has 0 fully saturated rings. The van der Waals surface area contributed by atoms with Crippen LogP contribution in [-0.4, -0.2) is 35.5 Å². The van der Waals surface area contributed by atoms with E-state index < -0.39 is 0 Å². The molecule has 0 amide bonds. The van der Waals surface area contributed by atoms with Gasteiger partial charge in [-0.1, -0.05) is 73.3 Å². The molecule has 1 unspecified atom stereocenters. The second-order valence-corrected chi connectivity index (χ2v) is 9.42. The Morgan fingerprint density at radius 1 is 0.824 bits per heavy atom. The predicted molar refractivity (Wildman–Crippen MR) is 139 cm³/mol. The fourth-order valence-electron chi connectivity index (χ4n) is 4.80. The Kier molecular flexibility index (Phi) is 5.07. The van der Waals surface area contributed by atoms with E-state index in [1.165, 1.54) is 11.8 Å². The van der Waals surface area contributed by atoms with Crippen molar-refractivity contribution in [2.45, 2.75) is 37.2 Å². The van der Waals surface area contributed by atoms with Crippen molar-refractivity contribution in [1.29, 1.82) is 0 Å². The van der Waals surface area contributed by atoms with Crippen LogP contribution in [0.15, 0.2) is 78.0 Å². The largest absolute Gasteiger partial charge is 0.324 e. The van der Waals surface area contributed by atoms with Crippen molar-refractivity contribution in [2.75, 3.05) is 0 Å². The van der Waals surface area contributed by atoms with Gasteiger partial charge in [0, 0.05) is 22.7 Å². The van der Waals surface area contributed by atoms with Crippen LogP contribution in [0.3, 0.4) is 0 Å². The van der Waals surface area contributed by atoms with Gasteiger partial charge in [0.25, 0.3) is 0 Å². The van der Waals surface area contributed by atoms with Crippen molar-refractivity contribution < 1.29 is 4.79 Å². The molecule has 0 saturated heterocycles. The van der Waals surface area contributed by atoms with Crippen molar-refractivity contribution in [1.82, 2.24) is 24.3 Å². The summed E-state index contributed by atoms with van der Waals surface area (Å²) in [7, 11) is 0. The van der Waals surface area contributed by atoms with E-state index in [-0.39, 0.29) is 11.2 Å². The first kappa shape index (κ1) is 20.9. The minimum Gasteiger partial charge on any atom is -0.324 e. The highest BCUT2D eigenvalue weighted by Gasteiger charge is 2.25. The Hall–Kier alpha value is -3.71. The number of rotatable bonds is 5. The van der Waals surface area contributed by atoms with E-state index in [0.717, 1.165) is 50.4 Å². The van der Waals surface area contributed by atoms with Gasteiger partial charge in [-0.2, -0.15) is 0 Å². The minimum absolute atomic E-state index is 0.0321. The van der Waals surface area contributed by atoms with Crippen LogP contribution < -0.4 is 0 Å². The molecule has 0 aliphatic heterocycles. The van der Waals surface area contributed by atoms with Crippen LogP contribution in [0.2, 0.25) is 0 Å². The van der Waals surface area contributed by atoms with Gasteiger partial charge in [0.15, 0.2) is 5.65 Å². The van der Waals surface area contributed by atoms with E-state index in [9.17, 15) is 4.79 Å². The van der Waals surface area contributed by atoms with E-state index in [1.807, 2.05) is 66.1 Å². The van der Waals surface area contributed by atoms with Gasteiger partial charge in [0.1, 0.15) is 5.52 Å². The normalized spacial score (nSPS) is 12.8. The molecule has 34 heavy (non-hydrogen) atoms. The zero-order valence-electron chi connectivity index (χ0n) is 19.0. The number of nitrogens with zero attached hydrogens (tertiary/aromatic N) is 5. The zero-order valence-corrected chi connectivity index (χ0v) is 19.8. The molecule has 0 aliphatic carbocycles. The molecule has 6 aromatic rings. The maximum absolute atomic E-state index is 13.9. The lowest BCUT2D eigenvalue weighted by molar-refractivity contribution is 0.0919. The second-order valence-electron chi connectivity index (χ2n) is 8.25. The average Bonchev–Trinajstić information content (AvgIpc) is 3.39. The van der Waals surface area contributed by atoms with E-state index in [1.54, 1.807) is 0 Å². The molecule has 7 heteroatoms. The highest BCUT2D eigenvalue weighted by Crippen LogP contribution is 2.33. The summed E-state index contributed by atoms with van der Waals surface area (Å²) in [5, 5.41) is 12.3. The summed E-state index contributed by atoms with van der Waals surface area (Å²) in [6.07, 6.45) is 0.655. The number of hydrogen-bond acceptors (Lipinski definition) is 5. The van der Waals surface area contributed by atoms with E-state index in [2.05, 4.69) is 39.9 Å². The number of para-hydroxylation sites is 3. The third-order valence-corrected chi connectivity index (χ3v) is 7.57. The topological polar surface area (TPSA) is 65.6 Å². The molecule has 1 atom stereocenters. The van der Waals surface area contributed by atoms with Gasteiger partial charge in [-0.15, -0.1) is 10.2 Å². The molecule has 168 valence electrons. The monoisotopic (exact) mass is 465 g/mol. The molecule has 3 aromatic carbocycles. The van der Waals surface area contributed by atoms with Crippen LogP contribution in [0, 0.1) is 0 Å². The molecular formula is C27H23N5OS. The molecule has 0 N–H and O–H groups in total. The SMILES string of the molecule is CCC(Sc1nnc2c3ccccc3n(CC)c2n1)C(=O)n1c2ccccc2c2ccccc21. The number of aryl methyl sites for hydroxylation is 1. The minimum atomic E-state index is -0.335. The lowest BCUT2D eigenvalue weighted by Crippen LogP contribution is -2.23. The summed E-state index contributed by atoms with van der Waals surface area (Å²) in [5.41, 5.74) is 4.54. The third-order valence-electron chi connectivity index (χ3n) is 6.37. The number of thioether (sulfide) groups is 1. The standard InChI is InChI=1S/C27H23N5OS/c1-3-23(26(33)32-21-15-9-5-11-17(21)18-12-6-10-16-22(18)32)34-27-28-25-24(29-30-27)19-13-7-8-14-20(19)31(25)4-2/h5-16,23H,3-4H2,1-2H3. The first-order chi connectivity index (χ1) is 16.7. The fourth-order valence-corrected chi connectivity index (χ4v) is 5.65. The van der Waals surface area contributed by atoms with Gasteiger partial charge in [0.05, 0.1) is 21.8 Å². The molecule has 6 nitrogen and oxygen atoms in total. The lowest BCUT2D eigenvalue weighted by Gasteiger charge is -2.14. The van der Waals surface area contributed by atoms with E-state index in [0.29, 0.717) is 11.6 Å². The van der Waals surface area contributed by atoms with Gasteiger partial charge < -0.3 is 4.57 Å². The maximum atomic E-state index is 13.9. The number of fused-ring (bicyclic) bond motifs is 6. The van der Waals surface area contributed by atoms with Crippen molar-refractivity contribution in [2.24, 2.45) is 0 Å². The van der Waals surface area contributed by atoms with Crippen LogP contribution in [0.1, 0.15) is 25.1 Å². The average molecular weight is 466 g/mol. The highest BCUT2D eigenvalue weighted by atomic mass is 32.2. The smallest absolute Gasteiger partial charge is 0.245 e. The number of benzene rings is 3. The van der Waals surface area contributed by atoms with Crippen molar-refractivity contribution in [3.63, 3.8) is 0 Å². The van der Waals surface area contributed by atoms with Crippen molar-refractivity contribution in [3.8, 4) is 0 Å². The summed E-state index contributed by atoms with van der Waals surface area (Å²) >= 11 is 1.39. The van der Waals surface area contributed by atoms with Crippen LogP contribution in [0.4, 0.5) is 0 Å². The van der Waals surface area contributed by atoms with Crippen LogP contribution >= 0.6 is 11.8 Å². The Bertz CT molecular complexity index is 1650. The molecular weight excluding hydrogens is 442 g/mol. The molecule has 3 aromatic heterocycles. The van der Waals surface area contributed by atoms with Crippen LogP contribution in [0.25, 0.3) is 43.9 Å². The summed E-state index contributed by atoms with van der Waals surface area (Å²) in [6.45, 7) is 4.91. The van der Waals surface area contributed by atoms with Gasteiger partial charge >= 0.3 is 0 Å². The molecule has 3 heterocycles. The molecule has 0 saturated carbocycles. The van der Waals surface area contributed by atoms with Gasteiger partial charge in [-0.25, -0.2) is 4.98 Å². The summed E-state index contributed by atoms with van der Waals surface area (Å²) in [5.74, 6) is 0.0321. The Morgan fingerprint density at radius 2 is 1.41 bits per heavy atom. The molecule has 6 rings (SSSR count). The zero-order chi connectivity index (χ0) is 23.2. The van der Waals surface area contributed by atoms with E-state index in [4.69, 9.17) is 4.98 Å². The van der Waals surface area contributed by atoms with Crippen LogP contribution in [0.5, 0.6) is 0 Å². The van der Waals surface area contributed by atoms with Crippen molar-refractivity contribution >= 4 is 61.5 Å². The summed E-state index contributed by atoms with van der Waals surface area (Å²) in [4.78, 5) is 18.7. The Labute approximate surface area is 200 Å². The number of carbonyl (C=O) groups excluding carboxylic acids is 1. The van der Waals surface area contributed by atoms with Crippen LogP contribution in [-0.2, 0) is 6.54 Å². The van der Waals surface area contributed by atoms with Gasteiger partial charge in [-0.05, 0) is 31.5 Å². The maximum Gasteiger partial charge on any atom is 0.245 e. The summed E-state index contributed by atoms with van der Waals surface area (Å²) < 4.78 is 4.00. The Morgan fingerprint density at radius 3 is 2.03 bits per heavy atom. The quantitative estimate of drug-likeness (QED) is 0.279. The molecule has 0 bridgehead atoms. The summed E-state index contributed by atoms with van der Waals surface area (Å²) in [6, 6.07) is 24.3. The van der Waals surface area contributed by atoms with Gasteiger partial charge in [-0.3, -0.25) is 9.36 Å². The first-order valence-corrected chi connectivity index (χ1v) is 12.4. The first-order valence-electron chi connectivity index (χ1n) is 11.5. The fraction of sp³-hybridized carbons (Fsp3) is 0.185. The van der Waals surface area contributed by atoms with Gasteiger partial charge in [0.2, 0.25) is 11.1 Å². The third kappa shape index (κ3) is 3.11. The lowest BCUT2D eigenvalue weighted by atomic mass is 10.2.